The molecule has 1 N–H and O–H groups in total. The molecule has 0 atom stereocenters. The number of nitrogens with zero attached hydrogens (tertiary/aromatic N) is 2. The summed E-state index contributed by atoms with van der Waals surface area (Å²) in [7, 11) is -3.62. The van der Waals surface area contributed by atoms with Crippen LogP contribution in [0.5, 0.6) is 11.5 Å². The molecule has 1 aromatic rings. The minimum absolute atomic E-state index is 0.158. The maximum atomic E-state index is 12.8. The summed E-state index contributed by atoms with van der Waals surface area (Å²) < 4.78 is 37.8. The van der Waals surface area contributed by atoms with Crippen molar-refractivity contribution < 1.29 is 22.7 Å². The molecule has 2 aliphatic rings. The zero-order valence-corrected chi connectivity index (χ0v) is 14.3. The molecule has 0 saturated carbocycles. The van der Waals surface area contributed by atoms with Crippen LogP contribution in [0.4, 0.5) is 4.79 Å². The second kappa shape index (κ2) is 6.86. The van der Waals surface area contributed by atoms with Gasteiger partial charge in [0.1, 0.15) is 13.2 Å². The maximum Gasteiger partial charge on any atom is 0.317 e. The van der Waals surface area contributed by atoms with E-state index in [4.69, 9.17) is 9.47 Å². The predicted octanol–water partition coefficient (Wildman–Crippen LogP) is 0.494. The molecule has 0 bridgehead atoms. The Balaban J connectivity index is 1.71. The van der Waals surface area contributed by atoms with Crippen LogP contribution in [0.3, 0.4) is 0 Å². The number of nitrogens with one attached hydrogen (secondary N) is 1. The lowest BCUT2D eigenvalue weighted by Crippen LogP contribution is -2.53. The number of hydrogen-bond donors (Lipinski definition) is 1. The molecule has 24 heavy (non-hydrogen) atoms. The summed E-state index contributed by atoms with van der Waals surface area (Å²) >= 11 is 0. The Labute approximate surface area is 141 Å². The number of sulfonamides is 1. The van der Waals surface area contributed by atoms with Crippen molar-refractivity contribution in [3.63, 3.8) is 0 Å². The van der Waals surface area contributed by atoms with Gasteiger partial charge in [0.2, 0.25) is 10.0 Å². The van der Waals surface area contributed by atoms with Gasteiger partial charge in [0.25, 0.3) is 0 Å². The molecule has 2 amide bonds. The molecule has 2 aliphatic heterocycles. The Morgan fingerprint density at radius 1 is 1.12 bits per heavy atom. The first kappa shape index (κ1) is 16.8. The topological polar surface area (TPSA) is 88.2 Å². The Hall–Kier alpha value is -2.00. The number of hydrogen-bond acceptors (Lipinski definition) is 5. The highest BCUT2D eigenvalue weighted by molar-refractivity contribution is 7.89. The lowest BCUT2D eigenvalue weighted by molar-refractivity contribution is 0.170. The highest BCUT2D eigenvalue weighted by Crippen LogP contribution is 2.33. The van der Waals surface area contributed by atoms with E-state index in [1.54, 1.807) is 11.0 Å². The van der Waals surface area contributed by atoms with Gasteiger partial charge in [-0.2, -0.15) is 4.31 Å². The summed E-state index contributed by atoms with van der Waals surface area (Å²) in [5.74, 6) is 1.00. The maximum absolute atomic E-state index is 12.8. The summed E-state index contributed by atoms with van der Waals surface area (Å²) in [5, 5.41) is 2.72. The Bertz CT molecular complexity index is 714. The third kappa shape index (κ3) is 3.27. The van der Waals surface area contributed by atoms with Crippen molar-refractivity contribution in [1.82, 2.24) is 14.5 Å². The molecule has 1 aromatic carbocycles. The second-order valence-electron chi connectivity index (χ2n) is 5.53. The number of ether oxygens (including phenoxy) is 2. The van der Waals surface area contributed by atoms with Crippen molar-refractivity contribution in [2.75, 3.05) is 45.9 Å². The molecular weight excluding hydrogens is 334 g/mol. The van der Waals surface area contributed by atoms with Gasteiger partial charge < -0.3 is 19.7 Å². The molecule has 0 unspecified atom stereocenters. The fourth-order valence-electron chi connectivity index (χ4n) is 2.73. The van der Waals surface area contributed by atoms with E-state index in [0.29, 0.717) is 44.3 Å². The lowest BCUT2D eigenvalue weighted by Gasteiger charge is -2.34. The van der Waals surface area contributed by atoms with Gasteiger partial charge in [-0.1, -0.05) is 0 Å². The molecule has 1 fully saturated rings. The standard InChI is InChI=1S/C15H21N3O5S/c1-2-16-15(19)17-5-7-18(8-6-17)24(20,21)12-3-4-13-14(11-12)23-10-9-22-13/h3-4,11H,2,5-10H2,1H3,(H,16,19). The fourth-order valence-corrected chi connectivity index (χ4v) is 4.17. The van der Waals surface area contributed by atoms with Crippen LogP contribution in [-0.4, -0.2) is 69.6 Å². The van der Waals surface area contributed by atoms with Gasteiger partial charge in [-0.25, -0.2) is 13.2 Å². The van der Waals surface area contributed by atoms with E-state index in [-0.39, 0.29) is 24.0 Å². The predicted molar refractivity (Wildman–Crippen MR) is 86.8 cm³/mol. The van der Waals surface area contributed by atoms with Crippen LogP contribution in [-0.2, 0) is 10.0 Å². The van der Waals surface area contributed by atoms with E-state index < -0.39 is 10.0 Å². The molecule has 132 valence electrons. The summed E-state index contributed by atoms with van der Waals surface area (Å²) in [6.07, 6.45) is 0. The Morgan fingerprint density at radius 3 is 2.46 bits per heavy atom. The van der Waals surface area contributed by atoms with E-state index in [1.165, 1.54) is 16.4 Å². The highest BCUT2D eigenvalue weighted by Gasteiger charge is 2.31. The number of carbonyl (C=O) groups excluding carboxylic acids is 1. The van der Waals surface area contributed by atoms with Crippen molar-refractivity contribution in [1.29, 1.82) is 0 Å². The average Bonchev–Trinajstić information content (AvgIpc) is 2.61. The number of rotatable bonds is 3. The average molecular weight is 355 g/mol. The molecule has 0 spiro atoms. The van der Waals surface area contributed by atoms with Crippen molar-refractivity contribution in [3.05, 3.63) is 18.2 Å². The molecule has 1 saturated heterocycles. The molecule has 0 aliphatic carbocycles. The first-order valence-electron chi connectivity index (χ1n) is 7.95. The van der Waals surface area contributed by atoms with E-state index in [1.807, 2.05) is 6.92 Å². The Kier molecular flexibility index (Phi) is 4.81. The molecule has 2 heterocycles. The van der Waals surface area contributed by atoms with Crippen molar-refractivity contribution >= 4 is 16.1 Å². The van der Waals surface area contributed by atoms with Crippen molar-refractivity contribution in [3.8, 4) is 11.5 Å². The first-order valence-corrected chi connectivity index (χ1v) is 9.39. The molecule has 0 radical (unpaired) electrons. The minimum atomic E-state index is -3.62. The summed E-state index contributed by atoms with van der Waals surface area (Å²) in [6, 6.07) is 4.49. The van der Waals surface area contributed by atoms with E-state index in [9.17, 15) is 13.2 Å². The van der Waals surface area contributed by atoms with Crippen LogP contribution >= 0.6 is 0 Å². The van der Waals surface area contributed by atoms with Gasteiger partial charge in [-0.05, 0) is 19.1 Å². The molecule has 8 nitrogen and oxygen atoms in total. The minimum Gasteiger partial charge on any atom is -0.486 e. The van der Waals surface area contributed by atoms with Crippen LogP contribution in [0, 0.1) is 0 Å². The van der Waals surface area contributed by atoms with Crippen molar-refractivity contribution in [2.24, 2.45) is 0 Å². The summed E-state index contributed by atoms with van der Waals surface area (Å²) in [6.45, 7) is 4.55. The molecule has 9 heteroatoms. The normalized spacial score (nSPS) is 18.3. The third-order valence-corrected chi connectivity index (χ3v) is 5.90. The quantitative estimate of drug-likeness (QED) is 0.853. The fraction of sp³-hybridized carbons (Fsp3) is 0.533. The number of fused-ring (bicyclic) bond motifs is 1. The van der Waals surface area contributed by atoms with Gasteiger partial charge in [-0.3, -0.25) is 0 Å². The van der Waals surface area contributed by atoms with Gasteiger partial charge in [0.15, 0.2) is 11.5 Å². The zero-order chi connectivity index (χ0) is 17.2. The first-order chi connectivity index (χ1) is 11.5. The summed E-state index contributed by atoms with van der Waals surface area (Å²) in [5.41, 5.74) is 0. The largest absolute Gasteiger partial charge is 0.486 e. The summed E-state index contributed by atoms with van der Waals surface area (Å²) in [4.78, 5) is 13.6. The van der Waals surface area contributed by atoms with Crippen LogP contribution in [0.25, 0.3) is 0 Å². The number of amides is 2. The van der Waals surface area contributed by atoms with Crippen LogP contribution in [0.15, 0.2) is 23.1 Å². The van der Waals surface area contributed by atoms with Crippen LogP contribution in [0.2, 0.25) is 0 Å². The van der Waals surface area contributed by atoms with Gasteiger partial charge >= 0.3 is 6.03 Å². The number of urea groups is 1. The third-order valence-electron chi connectivity index (χ3n) is 4.01. The van der Waals surface area contributed by atoms with Crippen LogP contribution < -0.4 is 14.8 Å². The SMILES string of the molecule is CCNC(=O)N1CCN(S(=O)(=O)c2ccc3c(c2)OCCO3)CC1. The van der Waals surface area contributed by atoms with Gasteiger partial charge in [-0.15, -0.1) is 0 Å². The zero-order valence-electron chi connectivity index (χ0n) is 13.5. The molecule has 3 rings (SSSR count). The molecular formula is C15H21N3O5S. The highest BCUT2D eigenvalue weighted by atomic mass is 32.2. The number of benzene rings is 1. The monoisotopic (exact) mass is 355 g/mol. The second-order valence-corrected chi connectivity index (χ2v) is 7.47. The number of piperazine rings is 1. The smallest absolute Gasteiger partial charge is 0.317 e. The number of carbonyl (C=O) groups is 1. The van der Waals surface area contributed by atoms with E-state index in [0.717, 1.165) is 0 Å². The van der Waals surface area contributed by atoms with Crippen molar-refractivity contribution in [2.45, 2.75) is 11.8 Å². The molecule has 0 aromatic heterocycles. The van der Waals surface area contributed by atoms with Gasteiger partial charge in [0.05, 0.1) is 4.90 Å². The van der Waals surface area contributed by atoms with E-state index in [2.05, 4.69) is 5.32 Å². The van der Waals surface area contributed by atoms with E-state index >= 15 is 0 Å². The Morgan fingerprint density at radius 2 is 1.79 bits per heavy atom. The van der Waals surface area contributed by atoms with Crippen LogP contribution in [0.1, 0.15) is 6.92 Å². The lowest BCUT2D eigenvalue weighted by atomic mass is 10.3. The van der Waals surface area contributed by atoms with Gasteiger partial charge in [0, 0.05) is 38.8 Å².